The van der Waals surface area contributed by atoms with Crippen LogP contribution in [0.3, 0.4) is 0 Å². The van der Waals surface area contributed by atoms with E-state index in [1.165, 1.54) is 11.8 Å². The summed E-state index contributed by atoms with van der Waals surface area (Å²) in [6, 6.07) is 11.2. The Bertz CT molecular complexity index is 896. The molecule has 1 aromatic carbocycles. The number of pyridine rings is 1. The molecule has 0 bridgehead atoms. The van der Waals surface area contributed by atoms with E-state index in [0.29, 0.717) is 28.5 Å². The first kappa shape index (κ1) is 19.4. The second kappa shape index (κ2) is 9.01. The van der Waals surface area contributed by atoms with E-state index < -0.39 is 0 Å². The lowest BCUT2D eigenvalue weighted by molar-refractivity contribution is -0.118. The summed E-state index contributed by atoms with van der Waals surface area (Å²) in [6.07, 6.45) is 3.45. The van der Waals surface area contributed by atoms with Gasteiger partial charge >= 0.3 is 0 Å². The molecule has 6 nitrogen and oxygen atoms in total. The van der Waals surface area contributed by atoms with Crippen molar-refractivity contribution in [2.45, 2.75) is 19.0 Å². The number of amides is 1. The van der Waals surface area contributed by atoms with Crippen LogP contribution in [0.1, 0.15) is 13.8 Å². The van der Waals surface area contributed by atoms with Crippen molar-refractivity contribution in [3.05, 3.63) is 53.8 Å². The maximum atomic E-state index is 12.1. The number of benzene rings is 1. The molecule has 0 saturated heterocycles. The van der Waals surface area contributed by atoms with Crippen molar-refractivity contribution in [2.75, 3.05) is 12.3 Å². The summed E-state index contributed by atoms with van der Waals surface area (Å²) in [5, 5.41) is 12.8. The van der Waals surface area contributed by atoms with Gasteiger partial charge in [0, 0.05) is 35.2 Å². The van der Waals surface area contributed by atoms with Gasteiger partial charge in [0.25, 0.3) is 0 Å². The summed E-state index contributed by atoms with van der Waals surface area (Å²) in [5.74, 6) is 1.32. The zero-order chi connectivity index (χ0) is 19.2. The number of nitrogens with zero attached hydrogens (tertiary/aromatic N) is 4. The predicted octanol–water partition coefficient (Wildman–Crippen LogP) is 3.85. The Hall–Kier alpha value is -2.38. The van der Waals surface area contributed by atoms with Gasteiger partial charge in [-0.1, -0.05) is 37.2 Å². The lowest BCUT2D eigenvalue weighted by Gasteiger charge is -2.11. The van der Waals surface area contributed by atoms with Gasteiger partial charge in [0.05, 0.1) is 5.75 Å². The highest BCUT2D eigenvalue weighted by molar-refractivity contribution is 7.99. The first-order valence-electron chi connectivity index (χ1n) is 8.56. The number of thioether (sulfide) groups is 1. The maximum Gasteiger partial charge on any atom is 0.230 e. The summed E-state index contributed by atoms with van der Waals surface area (Å²) in [7, 11) is 0. The fourth-order valence-corrected chi connectivity index (χ4v) is 3.28. The van der Waals surface area contributed by atoms with Gasteiger partial charge in [0.2, 0.25) is 5.91 Å². The Balaban J connectivity index is 1.89. The van der Waals surface area contributed by atoms with Crippen molar-refractivity contribution in [1.82, 2.24) is 25.1 Å². The Morgan fingerprint density at radius 1 is 1.22 bits per heavy atom. The van der Waals surface area contributed by atoms with Crippen LogP contribution >= 0.6 is 23.4 Å². The summed E-state index contributed by atoms with van der Waals surface area (Å²) in [4.78, 5) is 16.2. The highest BCUT2D eigenvalue weighted by Gasteiger charge is 2.17. The Labute approximate surface area is 167 Å². The molecular formula is C19H20ClN5OS. The quantitative estimate of drug-likeness (QED) is 0.609. The molecule has 0 aliphatic rings. The van der Waals surface area contributed by atoms with E-state index in [4.69, 9.17) is 11.6 Å². The van der Waals surface area contributed by atoms with Crippen molar-refractivity contribution in [2.24, 2.45) is 5.92 Å². The van der Waals surface area contributed by atoms with Crippen LogP contribution in [-0.4, -0.2) is 38.0 Å². The van der Waals surface area contributed by atoms with E-state index in [2.05, 4.69) is 34.3 Å². The topological polar surface area (TPSA) is 72.7 Å². The monoisotopic (exact) mass is 401 g/mol. The molecule has 0 aliphatic heterocycles. The SMILES string of the molecule is CC(C)CNC(=O)CSc1nnc(-c2cccnc2)n1-c1ccc(Cl)cc1. The molecule has 0 aliphatic carbocycles. The third-order valence-corrected chi connectivity index (χ3v) is 4.86. The lowest BCUT2D eigenvalue weighted by Crippen LogP contribution is -2.28. The molecule has 1 N–H and O–H groups in total. The third-order valence-electron chi connectivity index (χ3n) is 3.68. The Kier molecular flexibility index (Phi) is 6.47. The van der Waals surface area contributed by atoms with Gasteiger partial charge in [-0.05, 0) is 42.3 Å². The lowest BCUT2D eigenvalue weighted by atomic mass is 10.2. The number of aromatic nitrogens is 4. The summed E-state index contributed by atoms with van der Waals surface area (Å²) in [6.45, 7) is 4.78. The molecule has 0 saturated carbocycles. The van der Waals surface area contributed by atoms with E-state index in [9.17, 15) is 4.79 Å². The second-order valence-corrected chi connectivity index (χ2v) is 7.73. The number of rotatable bonds is 7. The third kappa shape index (κ3) is 5.08. The zero-order valence-corrected chi connectivity index (χ0v) is 16.7. The molecule has 2 aromatic heterocycles. The number of carbonyl (C=O) groups is 1. The first-order chi connectivity index (χ1) is 13.0. The molecule has 2 heterocycles. The number of hydrogen-bond donors (Lipinski definition) is 1. The van der Waals surface area contributed by atoms with Crippen molar-refractivity contribution in [1.29, 1.82) is 0 Å². The van der Waals surface area contributed by atoms with Crippen LogP contribution in [0.5, 0.6) is 0 Å². The van der Waals surface area contributed by atoms with Gasteiger partial charge < -0.3 is 5.32 Å². The van der Waals surface area contributed by atoms with E-state index in [-0.39, 0.29) is 11.7 Å². The fourth-order valence-electron chi connectivity index (χ4n) is 2.37. The molecule has 0 atom stereocenters. The Morgan fingerprint density at radius 3 is 2.67 bits per heavy atom. The molecule has 0 spiro atoms. The zero-order valence-electron chi connectivity index (χ0n) is 15.1. The normalized spacial score (nSPS) is 11.0. The van der Waals surface area contributed by atoms with Crippen LogP contribution in [-0.2, 0) is 4.79 Å². The molecule has 0 unspecified atom stereocenters. The van der Waals surface area contributed by atoms with E-state index in [1.807, 2.05) is 41.0 Å². The van der Waals surface area contributed by atoms with Gasteiger partial charge in [-0.25, -0.2) is 0 Å². The van der Waals surface area contributed by atoms with Crippen LogP contribution in [0.15, 0.2) is 53.9 Å². The van der Waals surface area contributed by atoms with Crippen LogP contribution in [0.4, 0.5) is 0 Å². The second-order valence-electron chi connectivity index (χ2n) is 6.35. The summed E-state index contributed by atoms with van der Waals surface area (Å²) in [5.41, 5.74) is 1.71. The minimum absolute atomic E-state index is 0.0257. The molecule has 3 rings (SSSR count). The number of carbonyl (C=O) groups excluding carboxylic acids is 1. The number of hydrogen-bond acceptors (Lipinski definition) is 5. The van der Waals surface area contributed by atoms with Gasteiger partial charge in [-0.15, -0.1) is 10.2 Å². The minimum Gasteiger partial charge on any atom is -0.355 e. The largest absolute Gasteiger partial charge is 0.355 e. The molecular weight excluding hydrogens is 382 g/mol. The molecule has 0 radical (unpaired) electrons. The fraction of sp³-hybridized carbons (Fsp3) is 0.263. The van der Waals surface area contributed by atoms with Crippen LogP contribution < -0.4 is 5.32 Å². The molecule has 27 heavy (non-hydrogen) atoms. The van der Waals surface area contributed by atoms with Gasteiger partial charge in [0.15, 0.2) is 11.0 Å². The Morgan fingerprint density at radius 2 is 2.00 bits per heavy atom. The average Bonchev–Trinajstić information content (AvgIpc) is 3.10. The molecule has 3 aromatic rings. The van der Waals surface area contributed by atoms with Crippen molar-refractivity contribution in [3.63, 3.8) is 0 Å². The van der Waals surface area contributed by atoms with Crippen molar-refractivity contribution >= 4 is 29.3 Å². The number of nitrogens with one attached hydrogen (secondary N) is 1. The van der Waals surface area contributed by atoms with E-state index in [1.54, 1.807) is 12.4 Å². The summed E-state index contributed by atoms with van der Waals surface area (Å²) < 4.78 is 1.91. The summed E-state index contributed by atoms with van der Waals surface area (Å²) >= 11 is 7.37. The molecule has 140 valence electrons. The molecule has 0 fully saturated rings. The average molecular weight is 402 g/mol. The van der Waals surface area contributed by atoms with E-state index in [0.717, 1.165) is 11.3 Å². The first-order valence-corrected chi connectivity index (χ1v) is 9.92. The number of halogens is 1. The smallest absolute Gasteiger partial charge is 0.230 e. The molecule has 8 heteroatoms. The van der Waals surface area contributed by atoms with Crippen LogP contribution in [0, 0.1) is 5.92 Å². The van der Waals surface area contributed by atoms with Gasteiger partial charge in [-0.2, -0.15) is 0 Å². The maximum absolute atomic E-state index is 12.1. The van der Waals surface area contributed by atoms with Crippen molar-refractivity contribution < 1.29 is 4.79 Å². The van der Waals surface area contributed by atoms with Crippen LogP contribution in [0.25, 0.3) is 17.1 Å². The van der Waals surface area contributed by atoms with Gasteiger partial charge in [0.1, 0.15) is 0 Å². The molecule has 1 amide bonds. The highest BCUT2D eigenvalue weighted by Crippen LogP contribution is 2.28. The minimum atomic E-state index is -0.0257. The van der Waals surface area contributed by atoms with E-state index >= 15 is 0 Å². The van der Waals surface area contributed by atoms with Crippen LogP contribution in [0.2, 0.25) is 5.02 Å². The van der Waals surface area contributed by atoms with Crippen molar-refractivity contribution in [3.8, 4) is 17.1 Å². The van der Waals surface area contributed by atoms with Gasteiger partial charge in [-0.3, -0.25) is 14.3 Å². The standard InChI is InChI=1S/C19H20ClN5OS/c1-13(2)10-22-17(26)12-27-19-24-23-18(14-4-3-9-21-11-14)25(19)16-7-5-15(20)6-8-16/h3-9,11,13H,10,12H2,1-2H3,(H,22,26). The predicted molar refractivity (Wildman–Crippen MR) is 108 cm³/mol. The highest BCUT2D eigenvalue weighted by atomic mass is 35.5.